The third kappa shape index (κ3) is 4.79. The van der Waals surface area contributed by atoms with Crippen LogP contribution in [0.15, 0.2) is 47.4 Å². The minimum Gasteiger partial charge on any atom is -0.320 e. The SMILES string of the molecule is CCCn1c(C(F)(F)F)nc2cc(N(C)Sc3ccc(NC(=O)NO)cc3)ccc21. The number of benzene rings is 2. The second-order valence-electron chi connectivity index (χ2n) is 6.44. The first-order valence-electron chi connectivity index (χ1n) is 9.03. The van der Waals surface area contributed by atoms with Crippen LogP contribution in [0, 0.1) is 0 Å². The number of nitrogens with one attached hydrogen (secondary N) is 2. The molecule has 0 saturated heterocycles. The predicted molar refractivity (Wildman–Crippen MR) is 110 cm³/mol. The lowest BCUT2D eigenvalue weighted by Crippen LogP contribution is -2.24. The van der Waals surface area contributed by atoms with Gasteiger partial charge in [0.05, 0.1) is 11.0 Å². The molecule has 0 saturated carbocycles. The van der Waals surface area contributed by atoms with Gasteiger partial charge in [0.25, 0.3) is 0 Å². The molecule has 0 radical (unpaired) electrons. The average Bonchev–Trinajstić information content (AvgIpc) is 3.08. The van der Waals surface area contributed by atoms with Crippen molar-refractivity contribution in [3.8, 4) is 0 Å². The van der Waals surface area contributed by atoms with Crippen LogP contribution in [0.5, 0.6) is 0 Å². The second-order valence-corrected chi connectivity index (χ2v) is 7.64. The highest BCUT2D eigenvalue weighted by Gasteiger charge is 2.37. The monoisotopic (exact) mass is 439 g/mol. The van der Waals surface area contributed by atoms with Crippen LogP contribution in [-0.4, -0.2) is 27.8 Å². The average molecular weight is 439 g/mol. The van der Waals surface area contributed by atoms with Gasteiger partial charge in [0.2, 0.25) is 5.82 Å². The topological polar surface area (TPSA) is 82.4 Å². The molecule has 3 N–H and O–H groups in total. The minimum atomic E-state index is -4.52. The Morgan fingerprint density at radius 3 is 2.53 bits per heavy atom. The molecule has 3 rings (SSSR count). The molecule has 0 fully saturated rings. The van der Waals surface area contributed by atoms with Crippen molar-refractivity contribution in [2.45, 2.75) is 31.0 Å². The summed E-state index contributed by atoms with van der Waals surface area (Å²) in [7, 11) is 1.80. The number of aromatic nitrogens is 2. The molecule has 0 unspecified atom stereocenters. The predicted octanol–water partition coefficient (Wildman–Crippen LogP) is 5.12. The zero-order chi connectivity index (χ0) is 21.9. The molecule has 160 valence electrons. The van der Waals surface area contributed by atoms with E-state index < -0.39 is 18.0 Å². The van der Waals surface area contributed by atoms with Crippen molar-refractivity contribution in [3.05, 3.63) is 48.3 Å². The number of hydroxylamine groups is 1. The quantitative estimate of drug-likeness (QED) is 0.282. The summed E-state index contributed by atoms with van der Waals surface area (Å²) in [4.78, 5) is 15.8. The molecular weight excluding hydrogens is 419 g/mol. The maximum Gasteiger partial charge on any atom is 0.449 e. The molecule has 0 aliphatic carbocycles. The molecular formula is C19H20F3N5O2S. The van der Waals surface area contributed by atoms with Crippen molar-refractivity contribution >= 4 is 40.4 Å². The van der Waals surface area contributed by atoms with E-state index >= 15 is 0 Å². The molecule has 7 nitrogen and oxygen atoms in total. The molecule has 11 heteroatoms. The van der Waals surface area contributed by atoms with Crippen LogP contribution in [-0.2, 0) is 12.7 Å². The van der Waals surface area contributed by atoms with E-state index in [4.69, 9.17) is 5.21 Å². The summed E-state index contributed by atoms with van der Waals surface area (Å²) >= 11 is 1.36. The summed E-state index contributed by atoms with van der Waals surface area (Å²) in [5.74, 6) is -0.887. The van der Waals surface area contributed by atoms with E-state index in [1.807, 2.05) is 11.2 Å². The van der Waals surface area contributed by atoms with Crippen molar-refractivity contribution in [1.82, 2.24) is 15.0 Å². The van der Waals surface area contributed by atoms with Crippen molar-refractivity contribution in [1.29, 1.82) is 0 Å². The van der Waals surface area contributed by atoms with Crippen LogP contribution < -0.4 is 15.1 Å². The number of anilines is 2. The van der Waals surface area contributed by atoms with Crippen LogP contribution >= 0.6 is 11.9 Å². The third-order valence-electron chi connectivity index (χ3n) is 4.25. The van der Waals surface area contributed by atoms with Crippen molar-refractivity contribution in [3.63, 3.8) is 0 Å². The van der Waals surface area contributed by atoms with Gasteiger partial charge in [-0.15, -0.1) is 0 Å². The van der Waals surface area contributed by atoms with E-state index in [9.17, 15) is 18.0 Å². The lowest BCUT2D eigenvalue weighted by atomic mass is 10.2. The highest BCUT2D eigenvalue weighted by molar-refractivity contribution is 8.00. The molecule has 0 aliphatic rings. The highest BCUT2D eigenvalue weighted by atomic mass is 32.2. The lowest BCUT2D eigenvalue weighted by Gasteiger charge is -2.18. The van der Waals surface area contributed by atoms with E-state index in [0.717, 1.165) is 4.90 Å². The summed E-state index contributed by atoms with van der Waals surface area (Å²) in [5.41, 5.74) is 3.41. The third-order valence-corrected chi connectivity index (χ3v) is 5.22. The molecule has 0 spiro atoms. The van der Waals surface area contributed by atoms with Gasteiger partial charge < -0.3 is 14.2 Å². The first-order valence-corrected chi connectivity index (χ1v) is 9.80. The van der Waals surface area contributed by atoms with Gasteiger partial charge in [-0.1, -0.05) is 6.92 Å². The largest absolute Gasteiger partial charge is 0.449 e. The first-order chi connectivity index (χ1) is 14.2. The molecule has 30 heavy (non-hydrogen) atoms. The Bertz CT molecular complexity index is 1040. The second kappa shape index (κ2) is 8.84. The van der Waals surface area contributed by atoms with E-state index in [1.54, 1.807) is 49.5 Å². The van der Waals surface area contributed by atoms with Gasteiger partial charge >= 0.3 is 12.2 Å². The number of hydrogen-bond donors (Lipinski definition) is 3. The maximum absolute atomic E-state index is 13.3. The van der Waals surface area contributed by atoms with Gasteiger partial charge in [0.1, 0.15) is 0 Å². The van der Waals surface area contributed by atoms with Gasteiger partial charge in [0.15, 0.2) is 0 Å². The summed E-state index contributed by atoms with van der Waals surface area (Å²) in [6.07, 6.45) is -3.95. The maximum atomic E-state index is 13.3. The smallest absolute Gasteiger partial charge is 0.320 e. The molecule has 1 aromatic heterocycles. The van der Waals surface area contributed by atoms with Gasteiger partial charge in [0, 0.05) is 29.9 Å². The number of fused-ring (bicyclic) bond motifs is 1. The van der Waals surface area contributed by atoms with Gasteiger partial charge in [-0.2, -0.15) is 13.2 Å². The molecule has 0 aliphatic heterocycles. The number of amides is 2. The normalized spacial score (nSPS) is 11.5. The van der Waals surface area contributed by atoms with Crippen LogP contribution in [0.4, 0.5) is 29.3 Å². The summed E-state index contributed by atoms with van der Waals surface area (Å²) in [6.45, 7) is 2.06. The van der Waals surface area contributed by atoms with E-state index in [-0.39, 0.29) is 12.1 Å². The molecule has 2 amide bonds. The number of nitrogens with zero attached hydrogens (tertiary/aromatic N) is 3. The fourth-order valence-electron chi connectivity index (χ4n) is 2.95. The number of rotatable bonds is 6. The highest BCUT2D eigenvalue weighted by Crippen LogP contribution is 2.34. The molecule has 0 bridgehead atoms. The van der Waals surface area contributed by atoms with Crippen molar-refractivity contribution in [2.24, 2.45) is 0 Å². The van der Waals surface area contributed by atoms with Crippen LogP contribution in [0.25, 0.3) is 11.0 Å². The standard InChI is InChI=1S/C19H20F3N5O2S/c1-3-10-27-16-9-6-13(11-15(16)24-17(27)19(20,21)22)26(2)30-14-7-4-12(5-8-14)23-18(28)25-29/h4-9,11,29H,3,10H2,1-2H3,(H2,23,25,28). The number of carbonyl (C=O) groups is 1. The van der Waals surface area contributed by atoms with Gasteiger partial charge in [-0.25, -0.2) is 15.3 Å². The van der Waals surface area contributed by atoms with Crippen molar-refractivity contribution in [2.75, 3.05) is 16.7 Å². The van der Waals surface area contributed by atoms with Gasteiger partial charge in [-0.05, 0) is 60.8 Å². The zero-order valence-electron chi connectivity index (χ0n) is 16.2. The Morgan fingerprint density at radius 1 is 1.23 bits per heavy atom. The Balaban J connectivity index is 1.81. The number of alkyl halides is 3. The molecule has 1 heterocycles. The molecule has 3 aromatic rings. The van der Waals surface area contributed by atoms with Crippen molar-refractivity contribution < 1.29 is 23.2 Å². The van der Waals surface area contributed by atoms with Crippen LogP contribution in [0.2, 0.25) is 0 Å². The fourth-order valence-corrected chi connectivity index (χ4v) is 3.74. The summed E-state index contributed by atoms with van der Waals surface area (Å²) in [5, 5.41) is 11.0. The van der Waals surface area contributed by atoms with E-state index in [2.05, 4.69) is 10.3 Å². The van der Waals surface area contributed by atoms with Crippen LogP contribution in [0.1, 0.15) is 19.2 Å². The number of aryl methyl sites for hydroxylation is 1. The Labute approximate surface area is 175 Å². The molecule has 0 atom stereocenters. The Kier molecular flexibility index (Phi) is 6.42. The number of hydrogen-bond acceptors (Lipinski definition) is 5. The fraction of sp³-hybridized carbons (Fsp3) is 0.263. The number of carbonyl (C=O) groups excluding carboxylic acids is 1. The van der Waals surface area contributed by atoms with E-state index in [0.29, 0.717) is 23.3 Å². The number of halogens is 3. The van der Waals surface area contributed by atoms with E-state index in [1.165, 1.54) is 22.0 Å². The zero-order valence-corrected chi connectivity index (χ0v) is 17.0. The number of urea groups is 1. The van der Waals surface area contributed by atoms with Gasteiger partial charge in [-0.3, -0.25) is 5.21 Å². The Morgan fingerprint density at radius 2 is 1.93 bits per heavy atom. The Hall–Kier alpha value is -2.92. The first kappa shape index (κ1) is 21.8. The summed E-state index contributed by atoms with van der Waals surface area (Å²) < 4.78 is 43.1. The minimum absolute atomic E-state index is 0.240. The number of imidazole rings is 1. The molecule has 2 aromatic carbocycles. The lowest BCUT2D eigenvalue weighted by molar-refractivity contribution is -0.146. The van der Waals surface area contributed by atoms with Crippen LogP contribution in [0.3, 0.4) is 0 Å². The summed E-state index contributed by atoms with van der Waals surface area (Å²) in [6, 6.07) is 11.2.